The maximum atomic E-state index is 13.1. The molecular formula is C15H13Cl2FN2O. The van der Waals surface area contributed by atoms with Gasteiger partial charge in [0.05, 0.1) is 6.04 Å². The highest BCUT2D eigenvalue weighted by molar-refractivity contribution is 6.35. The zero-order chi connectivity index (χ0) is 15.6. The number of pyridine rings is 1. The first-order valence-corrected chi connectivity index (χ1v) is 6.99. The Balaban J connectivity index is 2.26. The van der Waals surface area contributed by atoms with Crippen LogP contribution in [-0.2, 0) is 0 Å². The Morgan fingerprint density at radius 3 is 2.62 bits per heavy atom. The molecule has 0 fully saturated rings. The van der Waals surface area contributed by atoms with Gasteiger partial charge in [0, 0.05) is 34.9 Å². The van der Waals surface area contributed by atoms with Crippen molar-refractivity contribution < 1.29 is 9.18 Å². The van der Waals surface area contributed by atoms with Crippen molar-refractivity contribution in [2.45, 2.75) is 13.0 Å². The molecule has 2 rings (SSSR count). The van der Waals surface area contributed by atoms with Gasteiger partial charge in [-0.05, 0) is 30.7 Å². The third-order valence-electron chi connectivity index (χ3n) is 3.29. The van der Waals surface area contributed by atoms with Crippen molar-refractivity contribution in [2.24, 2.45) is 0 Å². The smallest absolute Gasteiger partial charge is 0.254 e. The van der Waals surface area contributed by atoms with E-state index in [1.165, 1.54) is 17.2 Å². The molecular weight excluding hydrogens is 314 g/mol. The second-order valence-electron chi connectivity index (χ2n) is 4.63. The molecule has 21 heavy (non-hydrogen) atoms. The Morgan fingerprint density at radius 2 is 2.00 bits per heavy atom. The van der Waals surface area contributed by atoms with Gasteiger partial charge < -0.3 is 4.90 Å². The standard InChI is InChI=1S/C15H13Cl2FN2O/c1-9(12-4-3-11(16)8-13(12)17)20(2)15(21)10-5-6-19-14(18)7-10/h3-9H,1-2H3. The van der Waals surface area contributed by atoms with Gasteiger partial charge in [-0.2, -0.15) is 4.39 Å². The molecule has 1 aromatic carbocycles. The summed E-state index contributed by atoms with van der Waals surface area (Å²) in [6, 6.07) is 7.40. The maximum Gasteiger partial charge on any atom is 0.254 e. The number of nitrogens with zero attached hydrogens (tertiary/aromatic N) is 2. The van der Waals surface area contributed by atoms with E-state index in [-0.39, 0.29) is 17.5 Å². The number of carbonyl (C=O) groups is 1. The molecule has 0 aliphatic carbocycles. The van der Waals surface area contributed by atoms with Crippen molar-refractivity contribution in [1.82, 2.24) is 9.88 Å². The van der Waals surface area contributed by atoms with E-state index in [1.54, 1.807) is 25.2 Å². The molecule has 2 aromatic rings. The van der Waals surface area contributed by atoms with E-state index >= 15 is 0 Å². The minimum Gasteiger partial charge on any atom is -0.335 e. The van der Waals surface area contributed by atoms with Crippen molar-refractivity contribution in [1.29, 1.82) is 0 Å². The summed E-state index contributed by atoms with van der Waals surface area (Å²) in [5.74, 6) is -0.999. The summed E-state index contributed by atoms with van der Waals surface area (Å²) in [4.78, 5) is 17.3. The van der Waals surface area contributed by atoms with E-state index in [1.807, 2.05) is 6.92 Å². The van der Waals surface area contributed by atoms with Crippen LogP contribution >= 0.6 is 23.2 Å². The van der Waals surface area contributed by atoms with Crippen LogP contribution in [0.1, 0.15) is 28.9 Å². The highest BCUT2D eigenvalue weighted by Crippen LogP contribution is 2.29. The Hall–Kier alpha value is -1.65. The molecule has 0 aliphatic rings. The zero-order valence-electron chi connectivity index (χ0n) is 11.5. The fourth-order valence-electron chi connectivity index (χ4n) is 1.96. The van der Waals surface area contributed by atoms with Gasteiger partial charge in [0.15, 0.2) is 0 Å². The lowest BCUT2D eigenvalue weighted by molar-refractivity contribution is 0.0742. The Bertz CT molecular complexity index is 678. The molecule has 0 saturated heterocycles. The van der Waals surface area contributed by atoms with E-state index < -0.39 is 5.95 Å². The van der Waals surface area contributed by atoms with Crippen molar-refractivity contribution in [3.05, 3.63) is 63.6 Å². The normalized spacial score (nSPS) is 12.0. The monoisotopic (exact) mass is 326 g/mol. The van der Waals surface area contributed by atoms with Gasteiger partial charge in [0.25, 0.3) is 5.91 Å². The third kappa shape index (κ3) is 3.52. The second kappa shape index (κ2) is 6.41. The summed E-state index contributed by atoms with van der Waals surface area (Å²) >= 11 is 12.0. The quantitative estimate of drug-likeness (QED) is 0.785. The van der Waals surface area contributed by atoms with Gasteiger partial charge in [0.2, 0.25) is 5.95 Å². The molecule has 1 heterocycles. The fraction of sp³-hybridized carbons (Fsp3) is 0.200. The van der Waals surface area contributed by atoms with Crippen LogP contribution in [0.2, 0.25) is 10.0 Å². The number of aromatic nitrogens is 1. The molecule has 1 unspecified atom stereocenters. The van der Waals surface area contributed by atoms with E-state index in [0.717, 1.165) is 11.6 Å². The molecule has 0 spiro atoms. The van der Waals surface area contributed by atoms with Crippen LogP contribution in [0.4, 0.5) is 4.39 Å². The van der Waals surface area contributed by atoms with Crippen LogP contribution in [0, 0.1) is 5.95 Å². The number of benzene rings is 1. The number of amides is 1. The topological polar surface area (TPSA) is 33.2 Å². The molecule has 1 amide bonds. The van der Waals surface area contributed by atoms with Gasteiger partial charge >= 0.3 is 0 Å². The highest BCUT2D eigenvalue weighted by atomic mass is 35.5. The minimum absolute atomic E-state index is 0.238. The lowest BCUT2D eigenvalue weighted by Crippen LogP contribution is -2.30. The highest BCUT2D eigenvalue weighted by Gasteiger charge is 2.21. The third-order valence-corrected chi connectivity index (χ3v) is 3.85. The van der Waals surface area contributed by atoms with Crippen LogP contribution in [0.5, 0.6) is 0 Å². The number of halogens is 3. The first kappa shape index (κ1) is 15.7. The van der Waals surface area contributed by atoms with Crippen molar-refractivity contribution >= 4 is 29.1 Å². The van der Waals surface area contributed by atoms with Crippen LogP contribution in [-0.4, -0.2) is 22.8 Å². The molecule has 110 valence electrons. The molecule has 6 heteroatoms. The van der Waals surface area contributed by atoms with Gasteiger partial charge in [-0.3, -0.25) is 4.79 Å². The first-order valence-electron chi connectivity index (χ1n) is 6.24. The molecule has 0 radical (unpaired) electrons. The van der Waals surface area contributed by atoms with Gasteiger partial charge in [-0.1, -0.05) is 29.3 Å². The Morgan fingerprint density at radius 1 is 1.29 bits per heavy atom. The summed E-state index contributed by atoms with van der Waals surface area (Å²) in [7, 11) is 1.64. The maximum absolute atomic E-state index is 13.1. The van der Waals surface area contributed by atoms with Gasteiger partial charge in [0.1, 0.15) is 0 Å². The van der Waals surface area contributed by atoms with E-state index in [4.69, 9.17) is 23.2 Å². The largest absolute Gasteiger partial charge is 0.335 e. The lowest BCUT2D eigenvalue weighted by Gasteiger charge is -2.26. The summed E-state index contributed by atoms with van der Waals surface area (Å²) < 4.78 is 13.1. The van der Waals surface area contributed by atoms with Crippen molar-refractivity contribution in [2.75, 3.05) is 7.05 Å². The molecule has 0 saturated carbocycles. The zero-order valence-corrected chi connectivity index (χ0v) is 13.0. The Labute approximate surface area is 132 Å². The lowest BCUT2D eigenvalue weighted by atomic mass is 10.1. The molecule has 0 bridgehead atoms. The first-order chi connectivity index (χ1) is 9.90. The number of hydrogen-bond donors (Lipinski definition) is 0. The molecule has 0 N–H and O–H groups in total. The van der Waals surface area contributed by atoms with Crippen molar-refractivity contribution in [3.8, 4) is 0 Å². The van der Waals surface area contributed by atoms with Gasteiger partial charge in [-0.25, -0.2) is 4.98 Å². The summed E-state index contributed by atoms with van der Waals surface area (Å²) in [5, 5.41) is 1.01. The van der Waals surface area contributed by atoms with Gasteiger partial charge in [-0.15, -0.1) is 0 Å². The van der Waals surface area contributed by atoms with E-state index in [0.29, 0.717) is 10.0 Å². The SMILES string of the molecule is CC(c1ccc(Cl)cc1Cl)N(C)C(=O)c1ccnc(F)c1. The Kier molecular flexibility index (Phi) is 4.80. The average molecular weight is 327 g/mol. The second-order valence-corrected chi connectivity index (χ2v) is 5.47. The van der Waals surface area contributed by atoms with E-state index in [2.05, 4.69) is 4.98 Å². The average Bonchev–Trinajstić information content (AvgIpc) is 2.45. The van der Waals surface area contributed by atoms with Crippen LogP contribution < -0.4 is 0 Å². The number of carbonyl (C=O) groups excluding carboxylic acids is 1. The van der Waals surface area contributed by atoms with Crippen LogP contribution in [0.15, 0.2) is 36.5 Å². The van der Waals surface area contributed by atoms with E-state index in [9.17, 15) is 9.18 Å². The summed E-state index contributed by atoms with van der Waals surface area (Å²) in [6.07, 6.45) is 1.26. The van der Waals surface area contributed by atoms with Crippen LogP contribution in [0.3, 0.4) is 0 Å². The van der Waals surface area contributed by atoms with Crippen LogP contribution in [0.25, 0.3) is 0 Å². The van der Waals surface area contributed by atoms with Crippen molar-refractivity contribution in [3.63, 3.8) is 0 Å². The fourth-order valence-corrected chi connectivity index (χ4v) is 2.53. The molecule has 1 atom stereocenters. The number of rotatable bonds is 3. The molecule has 0 aliphatic heterocycles. The molecule has 1 aromatic heterocycles. The predicted octanol–water partition coefficient (Wildman–Crippen LogP) is 4.36. The summed E-state index contributed by atoms with van der Waals surface area (Å²) in [6.45, 7) is 1.84. The summed E-state index contributed by atoms with van der Waals surface area (Å²) in [5.41, 5.74) is 1.01. The predicted molar refractivity (Wildman–Crippen MR) is 81.2 cm³/mol. The molecule has 3 nitrogen and oxygen atoms in total. The number of hydrogen-bond acceptors (Lipinski definition) is 2. The minimum atomic E-state index is -0.688.